The summed E-state index contributed by atoms with van der Waals surface area (Å²) in [6, 6.07) is 12.0. The molecule has 0 fully saturated rings. The average molecular weight is 382 g/mol. The zero-order valence-corrected chi connectivity index (χ0v) is 15.1. The third-order valence-corrected chi connectivity index (χ3v) is 3.72. The van der Waals surface area contributed by atoms with Crippen molar-refractivity contribution in [2.45, 2.75) is 6.92 Å². The molecule has 25 heavy (non-hydrogen) atoms. The molecule has 0 saturated carbocycles. The van der Waals surface area contributed by atoms with Crippen LogP contribution in [0.25, 0.3) is 0 Å². The Balaban J connectivity index is 1.69. The topological polar surface area (TPSA) is 64.6 Å². The first kappa shape index (κ1) is 19.1. The summed E-state index contributed by atoms with van der Waals surface area (Å²) in [6.45, 7) is 2.18. The van der Waals surface area contributed by atoms with Crippen molar-refractivity contribution in [2.24, 2.45) is 0 Å². The minimum atomic E-state index is -0.687. The fourth-order valence-electron chi connectivity index (χ4n) is 1.98. The summed E-state index contributed by atoms with van der Waals surface area (Å²) in [5.74, 6) is -0.378. The van der Waals surface area contributed by atoms with Crippen molar-refractivity contribution >= 4 is 35.1 Å². The predicted molar refractivity (Wildman–Crippen MR) is 96.4 cm³/mol. The zero-order chi connectivity index (χ0) is 18.2. The van der Waals surface area contributed by atoms with Gasteiger partial charge in [0.2, 0.25) is 0 Å². The van der Waals surface area contributed by atoms with E-state index in [-0.39, 0.29) is 10.6 Å². The van der Waals surface area contributed by atoms with Crippen molar-refractivity contribution < 1.29 is 19.1 Å². The van der Waals surface area contributed by atoms with Gasteiger partial charge >= 0.3 is 5.97 Å². The van der Waals surface area contributed by atoms with Crippen LogP contribution in [0, 0.1) is 6.92 Å². The normalized spacial score (nSPS) is 10.2. The van der Waals surface area contributed by atoms with Crippen molar-refractivity contribution in [3.05, 3.63) is 63.6 Å². The molecule has 2 aromatic carbocycles. The molecule has 2 aromatic rings. The van der Waals surface area contributed by atoms with E-state index in [2.05, 4.69) is 5.32 Å². The molecule has 2 rings (SSSR count). The minimum absolute atomic E-state index is 0.154. The van der Waals surface area contributed by atoms with Gasteiger partial charge in [0.25, 0.3) is 5.91 Å². The van der Waals surface area contributed by atoms with Gasteiger partial charge in [0.15, 0.2) is 6.61 Å². The number of halogens is 2. The van der Waals surface area contributed by atoms with Gasteiger partial charge in [-0.1, -0.05) is 35.3 Å². The molecular formula is C18H17Cl2NO4. The number of amides is 1. The SMILES string of the molecule is Cc1cccc(OCCNC(=O)COC(=O)c2ccc(Cl)cc2Cl)c1. The lowest BCUT2D eigenvalue weighted by atomic mass is 10.2. The van der Waals surface area contributed by atoms with Crippen molar-refractivity contribution in [3.63, 3.8) is 0 Å². The quantitative estimate of drug-likeness (QED) is 0.587. The predicted octanol–water partition coefficient (Wildman–Crippen LogP) is 3.65. The highest BCUT2D eigenvalue weighted by molar-refractivity contribution is 6.36. The third-order valence-electron chi connectivity index (χ3n) is 3.17. The molecule has 1 amide bonds. The maximum atomic E-state index is 11.9. The molecule has 0 heterocycles. The Bertz CT molecular complexity index is 764. The molecule has 0 bridgehead atoms. The number of carbonyl (C=O) groups excluding carboxylic acids is 2. The molecule has 1 N–H and O–H groups in total. The Morgan fingerprint density at radius 2 is 1.92 bits per heavy atom. The second-order valence-electron chi connectivity index (χ2n) is 5.22. The first-order valence-corrected chi connectivity index (χ1v) is 8.29. The van der Waals surface area contributed by atoms with E-state index in [0.29, 0.717) is 18.2 Å². The van der Waals surface area contributed by atoms with Gasteiger partial charge in [-0.25, -0.2) is 4.79 Å². The summed E-state index contributed by atoms with van der Waals surface area (Å²) in [5, 5.41) is 3.18. The fraction of sp³-hybridized carbons (Fsp3) is 0.222. The van der Waals surface area contributed by atoms with Gasteiger partial charge in [-0.05, 0) is 42.8 Å². The van der Waals surface area contributed by atoms with Gasteiger partial charge in [-0.15, -0.1) is 0 Å². The lowest BCUT2D eigenvalue weighted by molar-refractivity contribution is -0.124. The smallest absolute Gasteiger partial charge is 0.340 e. The van der Waals surface area contributed by atoms with E-state index in [1.54, 1.807) is 0 Å². The van der Waals surface area contributed by atoms with E-state index in [9.17, 15) is 9.59 Å². The molecular weight excluding hydrogens is 365 g/mol. The summed E-state index contributed by atoms with van der Waals surface area (Å²) in [5.41, 5.74) is 1.25. The summed E-state index contributed by atoms with van der Waals surface area (Å²) in [7, 11) is 0. The van der Waals surface area contributed by atoms with Gasteiger partial charge in [0, 0.05) is 5.02 Å². The molecule has 7 heteroatoms. The van der Waals surface area contributed by atoms with Crippen LogP contribution in [-0.4, -0.2) is 31.6 Å². The number of rotatable bonds is 7. The van der Waals surface area contributed by atoms with Crippen LogP contribution in [-0.2, 0) is 9.53 Å². The second-order valence-corrected chi connectivity index (χ2v) is 6.06. The average Bonchev–Trinajstić information content (AvgIpc) is 2.56. The molecule has 0 aliphatic rings. The maximum Gasteiger partial charge on any atom is 0.340 e. The maximum absolute atomic E-state index is 11.9. The summed E-state index contributed by atoms with van der Waals surface area (Å²) in [6.07, 6.45) is 0. The molecule has 0 aliphatic heterocycles. The number of esters is 1. The van der Waals surface area contributed by atoms with Crippen molar-refractivity contribution in [1.82, 2.24) is 5.32 Å². The van der Waals surface area contributed by atoms with E-state index < -0.39 is 18.5 Å². The van der Waals surface area contributed by atoms with E-state index >= 15 is 0 Å². The van der Waals surface area contributed by atoms with E-state index in [1.165, 1.54) is 18.2 Å². The summed E-state index contributed by atoms with van der Waals surface area (Å²) >= 11 is 11.7. The molecule has 0 saturated heterocycles. The molecule has 132 valence electrons. The third kappa shape index (κ3) is 6.29. The Kier molecular flexibility index (Phi) is 7.10. The number of hydrogen-bond donors (Lipinski definition) is 1. The number of ether oxygens (including phenoxy) is 2. The van der Waals surface area contributed by atoms with E-state index in [0.717, 1.165) is 11.3 Å². The van der Waals surface area contributed by atoms with Crippen molar-refractivity contribution in [3.8, 4) is 5.75 Å². The van der Waals surface area contributed by atoms with Crippen molar-refractivity contribution in [2.75, 3.05) is 19.8 Å². The van der Waals surface area contributed by atoms with Gasteiger partial charge < -0.3 is 14.8 Å². The van der Waals surface area contributed by atoms with Crippen LogP contribution in [0.3, 0.4) is 0 Å². The molecule has 0 unspecified atom stereocenters. The van der Waals surface area contributed by atoms with Crippen LogP contribution < -0.4 is 10.1 Å². The first-order valence-electron chi connectivity index (χ1n) is 7.54. The Morgan fingerprint density at radius 3 is 2.64 bits per heavy atom. The van der Waals surface area contributed by atoms with Crippen LogP contribution in [0.4, 0.5) is 0 Å². The number of benzene rings is 2. The van der Waals surface area contributed by atoms with Crippen molar-refractivity contribution in [1.29, 1.82) is 0 Å². The standard InChI is InChI=1S/C18H17Cl2NO4/c1-12-3-2-4-14(9-12)24-8-7-21-17(22)11-25-18(23)15-6-5-13(19)10-16(15)20/h2-6,9-10H,7-8,11H2,1H3,(H,21,22). The number of aryl methyl sites for hydroxylation is 1. The zero-order valence-electron chi connectivity index (χ0n) is 13.6. The Hall–Kier alpha value is -2.24. The fourth-order valence-corrected chi connectivity index (χ4v) is 2.47. The second kappa shape index (κ2) is 9.30. The van der Waals surface area contributed by atoms with Crippen LogP contribution >= 0.6 is 23.2 Å². The highest BCUT2D eigenvalue weighted by Crippen LogP contribution is 2.21. The first-order chi connectivity index (χ1) is 12.0. The van der Waals surface area contributed by atoms with Crippen LogP contribution in [0.15, 0.2) is 42.5 Å². The highest BCUT2D eigenvalue weighted by atomic mass is 35.5. The molecule has 0 atom stereocenters. The van der Waals surface area contributed by atoms with E-state index in [4.69, 9.17) is 32.7 Å². The Labute approximate surface area is 155 Å². The van der Waals surface area contributed by atoms with Crippen LogP contribution in [0.2, 0.25) is 10.0 Å². The molecule has 5 nitrogen and oxygen atoms in total. The van der Waals surface area contributed by atoms with Gasteiger partial charge in [0.1, 0.15) is 12.4 Å². The van der Waals surface area contributed by atoms with Crippen LogP contribution in [0.5, 0.6) is 5.75 Å². The number of hydrogen-bond acceptors (Lipinski definition) is 4. The molecule has 0 aliphatic carbocycles. The van der Waals surface area contributed by atoms with Gasteiger partial charge in [0.05, 0.1) is 17.1 Å². The summed E-state index contributed by atoms with van der Waals surface area (Å²) in [4.78, 5) is 23.6. The van der Waals surface area contributed by atoms with Gasteiger partial charge in [-0.3, -0.25) is 4.79 Å². The van der Waals surface area contributed by atoms with Crippen LogP contribution in [0.1, 0.15) is 15.9 Å². The largest absolute Gasteiger partial charge is 0.492 e. The van der Waals surface area contributed by atoms with Gasteiger partial charge in [-0.2, -0.15) is 0 Å². The highest BCUT2D eigenvalue weighted by Gasteiger charge is 2.13. The molecule has 0 radical (unpaired) electrons. The number of carbonyl (C=O) groups is 2. The molecule has 0 spiro atoms. The molecule has 0 aromatic heterocycles. The number of nitrogens with one attached hydrogen (secondary N) is 1. The lowest BCUT2D eigenvalue weighted by Crippen LogP contribution is -2.32. The minimum Gasteiger partial charge on any atom is -0.492 e. The lowest BCUT2D eigenvalue weighted by Gasteiger charge is -2.09. The summed E-state index contributed by atoms with van der Waals surface area (Å²) < 4.78 is 10.4. The van der Waals surface area contributed by atoms with E-state index in [1.807, 2.05) is 31.2 Å². The Morgan fingerprint density at radius 1 is 1.12 bits per heavy atom. The monoisotopic (exact) mass is 381 g/mol.